The van der Waals surface area contributed by atoms with Gasteiger partial charge < -0.3 is 16.4 Å². The van der Waals surface area contributed by atoms with Crippen molar-refractivity contribution in [1.82, 2.24) is 20.4 Å². The summed E-state index contributed by atoms with van der Waals surface area (Å²) in [6, 6.07) is 1.16. The van der Waals surface area contributed by atoms with Gasteiger partial charge in [-0.25, -0.2) is 0 Å². The number of nitrogens with one attached hydrogen (secondary N) is 2. The molecule has 0 radical (unpaired) electrons. The number of amides is 2. The van der Waals surface area contributed by atoms with E-state index in [9.17, 15) is 9.59 Å². The monoisotopic (exact) mass is 365 g/mol. The lowest BCUT2D eigenvalue weighted by atomic mass is 10.1. The molecule has 2 aromatic heterocycles. The van der Waals surface area contributed by atoms with E-state index in [4.69, 9.17) is 5.73 Å². The molecule has 0 bridgehead atoms. The third-order valence-electron chi connectivity index (χ3n) is 4.20. The number of hydrogen-bond acceptors (Lipinski definition) is 5. The van der Waals surface area contributed by atoms with E-state index in [-0.39, 0.29) is 17.9 Å². The number of hydrogen-bond donors (Lipinski definition) is 3. The van der Waals surface area contributed by atoms with Gasteiger partial charge in [0, 0.05) is 25.0 Å². The van der Waals surface area contributed by atoms with Crippen molar-refractivity contribution in [2.45, 2.75) is 52.1 Å². The van der Waals surface area contributed by atoms with Crippen LogP contribution >= 0.6 is 11.3 Å². The summed E-state index contributed by atoms with van der Waals surface area (Å²) in [4.78, 5) is 26.2. The third-order valence-corrected chi connectivity index (χ3v) is 5.40. The predicted octanol–water partition coefficient (Wildman–Crippen LogP) is 1.70. The number of nitrogens with two attached hydrogens (primary N) is 1. The largest absolute Gasteiger partial charge is 0.350 e. The predicted molar refractivity (Wildman–Crippen MR) is 101 cm³/mol. The number of rotatable bonds is 8. The minimum atomic E-state index is -0.618. The highest BCUT2D eigenvalue weighted by atomic mass is 32.1. The first-order valence-electron chi connectivity index (χ1n) is 8.61. The highest BCUT2D eigenvalue weighted by molar-refractivity contribution is 7.20. The maximum Gasteiger partial charge on any atom is 0.262 e. The number of carbonyl (C=O) groups excluding carboxylic acids is 2. The summed E-state index contributed by atoms with van der Waals surface area (Å²) < 4.78 is 1.77. The van der Waals surface area contributed by atoms with Gasteiger partial charge in [0.25, 0.3) is 5.91 Å². The topological polar surface area (TPSA) is 102 Å². The van der Waals surface area contributed by atoms with Crippen LogP contribution in [0.3, 0.4) is 0 Å². The molecule has 0 saturated heterocycles. The van der Waals surface area contributed by atoms with Crippen LogP contribution in [-0.4, -0.2) is 40.2 Å². The number of carbonyl (C=O) groups is 2. The molecule has 0 fully saturated rings. The summed E-state index contributed by atoms with van der Waals surface area (Å²) in [5, 5.41) is 11.0. The molecule has 2 atom stereocenters. The minimum Gasteiger partial charge on any atom is -0.350 e. The fraction of sp³-hybridized carbons (Fsp3) is 0.588. The molecule has 8 heteroatoms. The molecule has 2 aromatic rings. The zero-order valence-corrected chi connectivity index (χ0v) is 16.1. The molecular weight excluding hydrogens is 338 g/mol. The van der Waals surface area contributed by atoms with Crippen molar-refractivity contribution >= 4 is 33.4 Å². The van der Waals surface area contributed by atoms with Gasteiger partial charge >= 0.3 is 0 Å². The first-order chi connectivity index (χ1) is 11.9. The Balaban J connectivity index is 1.98. The lowest BCUT2D eigenvalue weighted by Gasteiger charge is -2.20. The van der Waals surface area contributed by atoms with Crippen LogP contribution in [0.5, 0.6) is 0 Å². The van der Waals surface area contributed by atoms with E-state index in [0.29, 0.717) is 11.4 Å². The summed E-state index contributed by atoms with van der Waals surface area (Å²) in [6.07, 6.45) is 2.92. The Morgan fingerprint density at radius 1 is 1.40 bits per heavy atom. The number of aromatic nitrogens is 2. The Kier molecular flexibility index (Phi) is 6.55. The lowest BCUT2D eigenvalue weighted by Crippen LogP contribution is -2.49. The van der Waals surface area contributed by atoms with Gasteiger partial charge in [0.15, 0.2) is 0 Å². The maximum atomic E-state index is 12.4. The second-order valence-corrected chi connectivity index (χ2v) is 7.35. The molecule has 0 aliphatic rings. The molecule has 0 aliphatic heterocycles. The molecule has 7 nitrogen and oxygen atoms in total. The molecule has 0 aromatic carbocycles. The van der Waals surface area contributed by atoms with E-state index in [1.54, 1.807) is 11.6 Å². The van der Waals surface area contributed by atoms with Crippen LogP contribution in [-0.2, 0) is 11.8 Å². The quantitative estimate of drug-likeness (QED) is 0.662. The molecule has 2 heterocycles. The average Bonchev–Trinajstić information content (AvgIpc) is 3.13. The smallest absolute Gasteiger partial charge is 0.262 e. The Labute approximate surface area is 152 Å². The highest BCUT2D eigenvalue weighted by Gasteiger charge is 2.21. The van der Waals surface area contributed by atoms with E-state index in [2.05, 4.69) is 22.7 Å². The Morgan fingerprint density at radius 3 is 2.72 bits per heavy atom. The third kappa shape index (κ3) is 4.58. The summed E-state index contributed by atoms with van der Waals surface area (Å²) in [5.74, 6) is -0.458. The Hall–Kier alpha value is -1.93. The summed E-state index contributed by atoms with van der Waals surface area (Å²) in [7, 11) is 1.85. The van der Waals surface area contributed by atoms with Crippen molar-refractivity contribution in [3.8, 4) is 0 Å². The Bertz CT molecular complexity index is 717. The van der Waals surface area contributed by atoms with Crippen molar-refractivity contribution in [2.24, 2.45) is 12.8 Å². The second kappa shape index (κ2) is 8.44. The summed E-state index contributed by atoms with van der Waals surface area (Å²) in [6.45, 7) is 6.09. The highest BCUT2D eigenvalue weighted by Crippen LogP contribution is 2.27. The number of unbranched alkanes of at least 4 members (excludes halogenated alkanes) is 1. The standard InChI is InChI=1S/C17H27N5O2S/c1-5-6-7-12(9-18)20-15(23)11(3)19-16(24)14-8-13-10(2)21-22(4)17(13)25-14/h8,11-12H,5-7,9,18H2,1-4H3,(H,19,24)(H,20,23). The number of fused-ring (bicyclic) bond motifs is 1. The van der Waals surface area contributed by atoms with Crippen molar-refractivity contribution < 1.29 is 9.59 Å². The van der Waals surface area contributed by atoms with Crippen LogP contribution in [0, 0.1) is 6.92 Å². The van der Waals surface area contributed by atoms with Gasteiger partial charge in [0.05, 0.1) is 10.6 Å². The lowest BCUT2D eigenvalue weighted by molar-refractivity contribution is -0.123. The normalized spacial score (nSPS) is 13.6. The molecule has 2 rings (SSSR count). The molecule has 2 amide bonds. The van der Waals surface area contributed by atoms with Gasteiger partial charge in [-0.15, -0.1) is 11.3 Å². The first kappa shape index (κ1) is 19.4. The van der Waals surface area contributed by atoms with Crippen LogP contribution in [0.15, 0.2) is 6.07 Å². The zero-order chi connectivity index (χ0) is 18.6. The van der Waals surface area contributed by atoms with E-state index >= 15 is 0 Å². The van der Waals surface area contributed by atoms with Gasteiger partial charge in [0.1, 0.15) is 10.9 Å². The summed E-state index contributed by atoms with van der Waals surface area (Å²) in [5.41, 5.74) is 6.59. The van der Waals surface area contributed by atoms with Crippen molar-refractivity contribution in [3.63, 3.8) is 0 Å². The summed E-state index contributed by atoms with van der Waals surface area (Å²) >= 11 is 1.37. The van der Waals surface area contributed by atoms with Gasteiger partial charge in [-0.05, 0) is 26.3 Å². The zero-order valence-electron chi connectivity index (χ0n) is 15.3. The Morgan fingerprint density at radius 2 is 2.12 bits per heavy atom. The van der Waals surface area contributed by atoms with E-state index < -0.39 is 6.04 Å². The van der Waals surface area contributed by atoms with E-state index in [1.165, 1.54) is 11.3 Å². The number of aryl methyl sites for hydroxylation is 2. The fourth-order valence-corrected chi connectivity index (χ4v) is 3.70. The van der Waals surface area contributed by atoms with E-state index in [1.807, 2.05) is 20.0 Å². The molecule has 25 heavy (non-hydrogen) atoms. The molecule has 4 N–H and O–H groups in total. The molecule has 2 unspecified atom stereocenters. The second-order valence-electron chi connectivity index (χ2n) is 6.32. The van der Waals surface area contributed by atoms with Crippen LogP contribution in [0.1, 0.15) is 48.5 Å². The molecule has 0 spiro atoms. The number of nitrogens with zero attached hydrogens (tertiary/aromatic N) is 2. The van der Waals surface area contributed by atoms with Crippen molar-refractivity contribution in [2.75, 3.05) is 6.54 Å². The molecule has 138 valence electrons. The SMILES string of the molecule is CCCCC(CN)NC(=O)C(C)NC(=O)c1cc2c(C)nn(C)c2s1. The maximum absolute atomic E-state index is 12.4. The van der Waals surface area contributed by atoms with Crippen LogP contribution in [0.25, 0.3) is 10.2 Å². The molecular formula is C17H27N5O2S. The minimum absolute atomic E-state index is 0.0511. The fourth-order valence-electron chi connectivity index (χ4n) is 2.68. The van der Waals surface area contributed by atoms with Crippen molar-refractivity contribution in [3.05, 3.63) is 16.6 Å². The van der Waals surface area contributed by atoms with Gasteiger partial charge in [0.2, 0.25) is 5.91 Å². The van der Waals surface area contributed by atoms with Gasteiger partial charge in [-0.1, -0.05) is 19.8 Å². The molecule has 0 saturated carbocycles. The first-order valence-corrected chi connectivity index (χ1v) is 9.43. The van der Waals surface area contributed by atoms with E-state index in [0.717, 1.165) is 35.2 Å². The van der Waals surface area contributed by atoms with Gasteiger partial charge in [-0.3, -0.25) is 14.3 Å². The van der Waals surface area contributed by atoms with Crippen LogP contribution in [0.4, 0.5) is 0 Å². The van der Waals surface area contributed by atoms with Crippen LogP contribution in [0.2, 0.25) is 0 Å². The average molecular weight is 366 g/mol. The van der Waals surface area contributed by atoms with Crippen molar-refractivity contribution in [1.29, 1.82) is 0 Å². The molecule has 0 aliphatic carbocycles. The van der Waals surface area contributed by atoms with Crippen LogP contribution < -0.4 is 16.4 Å². The van der Waals surface area contributed by atoms with Gasteiger partial charge in [-0.2, -0.15) is 5.10 Å². The number of thiophene rings is 1.